The van der Waals surface area contributed by atoms with Crippen LogP contribution in [0.5, 0.6) is 0 Å². The number of benzene rings is 2. The number of aryl methyl sites for hydroxylation is 1. The van der Waals surface area contributed by atoms with E-state index in [4.69, 9.17) is 4.52 Å². The Labute approximate surface area is 164 Å². The molecule has 3 aromatic rings. The van der Waals surface area contributed by atoms with E-state index in [1.165, 1.54) is 6.92 Å². The zero-order chi connectivity index (χ0) is 19.2. The molecule has 0 radical (unpaired) electrons. The molecule has 0 bridgehead atoms. The van der Waals surface area contributed by atoms with Gasteiger partial charge in [-0.3, -0.25) is 9.59 Å². The molecule has 0 aliphatic heterocycles. The molecule has 27 heavy (non-hydrogen) atoms. The van der Waals surface area contributed by atoms with E-state index in [0.717, 1.165) is 10.0 Å². The fourth-order valence-electron chi connectivity index (χ4n) is 2.36. The van der Waals surface area contributed by atoms with Crippen LogP contribution in [-0.2, 0) is 16.0 Å². The Morgan fingerprint density at radius 1 is 1.00 bits per heavy atom. The summed E-state index contributed by atoms with van der Waals surface area (Å²) in [4.78, 5) is 27.4. The Kier molecular flexibility index (Phi) is 5.97. The molecule has 2 N–H and O–H groups in total. The van der Waals surface area contributed by atoms with Gasteiger partial charge in [0.25, 0.3) is 0 Å². The Morgan fingerprint density at radius 3 is 2.26 bits per heavy atom. The molecule has 2 amide bonds. The summed E-state index contributed by atoms with van der Waals surface area (Å²) in [6.45, 7) is 1.44. The molecule has 0 saturated heterocycles. The SMILES string of the molecule is CC(=O)Nc1ccc(NC(=O)CCc2nc(-c3ccc(Br)cc3)no2)cc1. The summed E-state index contributed by atoms with van der Waals surface area (Å²) in [6.07, 6.45) is 0.564. The second kappa shape index (κ2) is 8.59. The maximum Gasteiger partial charge on any atom is 0.227 e. The zero-order valence-corrected chi connectivity index (χ0v) is 16.1. The number of amides is 2. The lowest BCUT2D eigenvalue weighted by Crippen LogP contribution is -2.12. The van der Waals surface area contributed by atoms with Crippen molar-refractivity contribution in [1.82, 2.24) is 10.1 Å². The van der Waals surface area contributed by atoms with Gasteiger partial charge in [-0.25, -0.2) is 0 Å². The second-order valence-electron chi connectivity index (χ2n) is 5.83. The van der Waals surface area contributed by atoms with E-state index in [2.05, 4.69) is 36.7 Å². The molecule has 0 spiro atoms. The molecule has 3 rings (SSSR count). The molecule has 8 heteroatoms. The topological polar surface area (TPSA) is 97.1 Å². The first-order valence-electron chi connectivity index (χ1n) is 8.25. The number of halogens is 1. The Bertz CT molecular complexity index is 936. The van der Waals surface area contributed by atoms with E-state index < -0.39 is 0 Å². The number of rotatable bonds is 6. The molecule has 0 aliphatic carbocycles. The normalized spacial score (nSPS) is 10.4. The van der Waals surface area contributed by atoms with Crippen LogP contribution in [0.25, 0.3) is 11.4 Å². The van der Waals surface area contributed by atoms with Crippen LogP contribution in [0.2, 0.25) is 0 Å². The minimum atomic E-state index is -0.161. The summed E-state index contributed by atoms with van der Waals surface area (Å²) >= 11 is 3.38. The summed E-state index contributed by atoms with van der Waals surface area (Å²) in [5, 5.41) is 9.40. The highest BCUT2D eigenvalue weighted by Gasteiger charge is 2.11. The summed E-state index contributed by atoms with van der Waals surface area (Å²) in [6, 6.07) is 14.5. The van der Waals surface area contributed by atoms with Crippen LogP contribution in [0.15, 0.2) is 57.5 Å². The third-order valence-electron chi connectivity index (χ3n) is 3.63. The van der Waals surface area contributed by atoms with Gasteiger partial charge >= 0.3 is 0 Å². The van der Waals surface area contributed by atoms with Gasteiger partial charge in [-0.15, -0.1) is 0 Å². The van der Waals surface area contributed by atoms with Crippen LogP contribution in [0.4, 0.5) is 11.4 Å². The first-order chi connectivity index (χ1) is 13.0. The van der Waals surface area contributed by atoms with Crippen LogP contribution in [-0.4, -0.2) is 22.0 Å². The van der Waals surface area contributed by atoms with Crippen molar-refractivity contribution in [1.29, 1.82) is 0 Å². The molecular formula is C19H17BrN4O3. The lowest BCUT2D eigenvalue weighted by atomic mass is 10.2. The highest BCUT2D eigenvalue weighted by atomic mass is 79.9. The molecule has 1 heterocycles. The molecule has 2 aromatic carbocycles. The number of hydrogen-bond donors (Lipinski definition) is 2. The number of anilines is 2. The van der Waals surface area contributed by atoms with Gasteiger partial charge in [0.15, 0.2) is 0 Å². The van der Waals surface area contributed by atoms with Gasteiger partial charge in [-0.2, -0.15) is 4.98 Å². The van der Waals surface area contributed by atoms with Crippen molar-refractivity contribution >= 4 is 39.1 Å². The highest BCUT2D eigenvalue weighted by Crippen LogP contribution is 2.19. The number of carbonyl (C=O) groups is 2. The van der Waals surface area contributed by atoms with Gasteiger partial charge in [0.2, 0.25) is 23.5 Å². The molecular weight excluding hydrogens is 412 g/mol. The number of hydrogen-bond acceptors (Lipinski definition) is 5. The lowest BCUT2D eigenvalue weighted by Gasteiger charge is -2.06. The predicted octanol–water partition coefficient (Wildman–Crippen LogP) is 4.03. The summed E-state index contributed by atoms with van der Waals surface area (Å²) < 4.78 is 6.18. The lowest BCUT2D eigenvalue weighted by molar-refractivity contribution is -0.116. The van der Waals surface area contributed by atoms with Gasteiger partial charge in [0, 0.05) is 41.2 Å². The molecule has 7 nitrogen and oxygen atoms in total. The standard InChI is InChI=1S/C19H17BrN4O3/c1-12(25)21-15-6-8-16(9-7-15)22-17(26)10-11-18-23-19(24-27-18)13-2-4-14(20)5-3-13/h2-9H,10-11H2,1H3,(H,21,25)(H,22,26). The second-order valence-corrected chi connectivity index (χ2v) is 6.74. The molecule has 0 unspecified atom stereocenters. The van der Waals surface area contributed by atoms with Gasteiger partial charge in [0.1, 0.15) is 0 Å². The van der Waals surface area contributed by atoms with E-state index in [1.807, 2.05) is 24.3 Å². The number of nitrogens with zero attached hydrogens (tertiary/aromatic N) is 2. The van der Waals surface area contributed by atoms with Gasteiger partial charge in [-0.1, -0.05) is 21.1 Å². The third-order valence-corrected chi connectivity index (χ3v) is 4.15. The fraction of sp³-hybridized carbons (Fsp3) is 0.158. The van der Waals surface area contributed by atoms with Crippen molar-refractivity contribution in [3.63, 3.8) is 0 Å². The van der Waals surface area contributed by atoms with Crippen LogP contribution in [0, 0.1) is 0 Å². The van der Waals surface area contributed by atoms with E-state index >= 15 is 0 Å². The first-order valence-corrected chi connectivity index (χ1v) is 9.05. The van der Waals surface area contributed by atoms with E-state index in [-0.39, 0.29) is 18.2 Å². The van der Waals surface area contributed by atoms with Gasteiger partial charge in [-0.05, 0) is 48.5 Å². The highest BCUT2D eigenvalue weighted by molar-refractivity contribution is 9.10. The maximum absolute atomic E-state index is 12.1. The van der Waals surface area contributed by atoms with Crippen LogP contribution < -0.4 is 10.6 Å². The van der Waals surface area contributed by atoms with Gasteiger partial charge in [0.05, 0.1) is 0 Å². The van der Waals surface area contributed by atoms with E-state index in [9.17, 15) is 9.59 Å². The summed E-state index contributed by atoms with van der Waals surface area (Å²) in [5.41, 5.74) is 2.17. The van der Waals surface area contributed by atoms with Crippen LogP contribution >= 0.6 is 15.9 Å². The fourth-order valence-corrected chi connectivity index (χ4v) is 2.62. The third kappa shape index (κ3) is 5.49. The average molecular weight is 429 g/mol. The number of carbonyl (C=O) groups excluding carboxylic acids is 2. The minimum absolute atomic E-state index is 0.145. The van der Waals surface area contributed by atoms with Crippen molar-refractivity contribution in [2.75, 3.05) is 10.6 Å². The van der Waals surface area contributed by atoms with Crippen molar-refractivity contribution < 1.29 is 14.1 Å². The summed E-state index contributed by atoms with van der Waals surface area (Å²) in [5.74, 6) is 0.593. The molecule has 138 valence electrons. The average Bonchev–Trinajstić information content (AvgIpc) is 3.11. The van der Waals surface area contributed by atoms with Crippen LogP contribution in [0.1, 0.15) is 19.2 Å². The largest absolute Gasteiger partial charge is 0.339 e. The number of nitrogens with one attached hydrogen (secondary N) is 2. The van der Waals surface area contributed by atoms with E-state index in [0.29, 0.717) is 29.5 Å². The predicted molar refractivity (Wildman–Crippen MR) is 105 cm³/mol. The Hall–Kier alpha value is -3.00. The van der Waals surface area contributed by atoms with Crippen molar-refractivity contribution in [3.05, 3.63) is 58.9 Å². The number of aromatic nitrogens is 2. The molecule has 0 atom stereocenters. The van der Waals surface area contributed by atoms with Crippen molar-refractivity contribution in [2.45, 2.75) is 19.8 Å². The monoisotopic (exact) mass is 428 g/mol. The van der Waals surface area contributed by atoms with E-state index in [1.54, 1.807) is 24.3 Å². The van der Waals surface area contributed by atoms with Crippen molar-refractivity contribution in [2.24, 2.45) is 0 Å². The minimum Gasteiger partial charge on any atom is -0.339 e. The van der Waals surface area contributed by atoms with Gasteiger partial charge < -0.3 is 15.2 Å². The maximum atomic E-state index is 12.1. The first kappa shape index (κ1) is 18.8. The molecule has 0 saturated carbocycles. The Morgan fingerprint density at radius 2 is 1.63 bits per heavy atom. The smallest absolute Gasteiger partial charge is 0.227 e. The zero-order valence-electron chi connectivity index (χ0n) is 14.5. The summed E-state index contributed by atoms with van der Waals surface area (Å²) in [7, 11) is 0. The quantitative estimate of drug-likeness (QED) is 0.617. The molecule has 1 aromatic heterocycles. The molecule has 0 aliphatic rings. The molecule has 0 fully saturated rings. The Balaban J connectivity index is 1.52. The van der Waals surface area contributed by atoms with Crippen LogP contribution in [0.3, 0.4) is 0 Å². The van der Waals surface area contributed by atoms with Crippen molar-refractivity contribution in [3.8, 4) is 11.4 Å².